The fourth-order valence-corrected chi connectivity index (χ4v) is 5.78. The van der Waals surface area contributed by atoms with Gasteiger partial charge in [-0.1, -0.05) is 11.6 Å². The number of carbonyl (C=O) groups is 1. The maximum Gasteiger partial charge on any atom is 0.337 e. The minimum atomic E-state index is -1.21. The molecular formula is C29H35ClN2O5. The van der Waals surface area contributed by atoms with Crippen LogP contribution in [-0.2, 0) is 27.2 Å². The molecule has 0 saturated carbocycles. The highest BCUT2D eigenvalue weighted by atomic mass is 35.5. The molecule has 1 fully saturated rings. The second-order valence-corrected chi connectivity index (χ2v) is 11.5. The average molecular weight is 527 g/mol. The molecule has 1 aromatic carbocycles. The molecule has 4 heterocycles. The standard InChI is InChI=1S/C29H35ClN2O5/c1-15-17(3)32(14-18-11-13-35-18)27-22(15)24(20-9-10-21-19(25(20)30)8-7-12-36-21)23(16(2)31-27)26(28(33)34)37-29(4,5)6/h9-10,18,26H,7-8,11-14H2,1-6H3,(H,33,34)/t18?,26-/m0/s1. The van der Waals surface area contributed by atoms with Gasteiger partial charge in [-0.3, -0.25) is 0 Å². The van der Waals surface area contributed by atoms with E-state index in [4.69, 9.17) is 30.8 Å². The normalized spacial score (nSPS) is 18.3. The molecule has 0 spiro atoms. The number of aromatic nitrogens is 2. The van der Waals surface area contributed by atoms with Crippen molar-refractivity contribution in [3.8, 4) is 16.9 Å². The second kappa shape index (κ2) is 9.61. The van der Waals surface area contributed by atoms with Crippen molar-refractivity contribution in [1.82, 2.24) is 9.55 Å². The Hall–Kier alpha value is -2.61. The summed E-state index contributed by atoms with van der Waals surface area (Å²) in [4.78, 5) is 17.7. The van der Waals surface area contributed by atoms with Gasteiger partial charge in [-0.2, -0.15) is 0 Å². The van der Waals surface area contributed by atoms with E-state index in [1.165, 1.54) is 0 Å². The van der Waals surface area contributed by atoms with Crippen molar-refractivity contribution in [2.75, 3.05) is 13.2 Å². The van der Waals surface area contributed by atoms with E-state index in [9.17, 15) is 9.90 Å². The lowest BCUT2D eigenvalue weighted by Crippen LogP contribution is -2.31. The molecule has 0 amide bonds. The van der Waals surface area contributed by atoms with Crippen LogP contribution in [0.4, 0.5) is 0 Å². The number of carboxylic acids is 1. The maximum absolute atomic E-state index is 12.7. The molecule has 198 valence electrons. The van der Waals surface area contributed by atoms with E-state index in [0.29, 0.717) is 29.4 Å². The molecule has 0 bridgehead atoms. The Balaban J connectivity index is 1.85. The van der Waals surface area contributed by atoms with Crippen molar-refractivity contribution in [1.29, 1.82) is 0 Å². The number of hydrogen-bond acceptors (Lipinski definition) is 5. The highest BCUT2D eigenvalue weighted by molar-refractivity contribution is 6.35. The predicted molar refractivity (Wildman–Crippen MR) is 144 cm³/mol. The Kier molecular flexibility index (Phi) is 6.75. The monoisotopic (exact) mass is 526 g/mol. The van der Waals surface area contributed by atoms with Gasteiger partial charge in [0.05, 0.1) is 29.9 Å². The largest absolute Gasteiger partial charge is 0.493 e. The SMILES string of the molecule is Cc1nc2c(c(C)c(C)n2CC2CCO2)c(-c2ccc3c(c2Cl)CCCO3)c1[C@H](OC(C)(C)C)C(=O)O. The molecule has 2 atom stereocenters. The third-order valence-corrected chi connectivity index (χ3v) is 7.85. The minimum Gasteiger partial charge on any atom is -0.493 e. The fraction of sp³-hybridized carbons (Fsp3) is 0.517. The summed E-state index contributed by atoms with van der Waals surface area (Å²) < 4.78 is 20.0. The van der Waals surface area contributed by atoms with E-state index >= 15 is 0 Å². The number of aryl methyl sites for hydroxylation is 2. The van der Waals surface area contributed by atoms with Gasteiger partial charge < -0.3 is 23.9 Å². The summed E-state index contributed by atoms with van der Waals surface area (Å²) in [6, 6.07) is 3.89. The van der Waals surface area contributed by atoms with Crippen LogP contribution >= 0.6 is 11.6 Å². The number of carboxylic acid groups (broad SMARTS) is 1. The molecule has 0 radical (unpaired) electrons. The Morgan fingerprint density at radius 1 is 1.27 bits per heavy atom. The predicted octanol–water partition coefficient (Wildman–Crippen LogP) is 6.34. The zero-order chi connectivity index (χ0) is 26.6. The minimum absolute atomic E-state index is 0.152. The van der Waals surface area contributed by atoms with E-state index in [2.05, 4.69) is 18.4 Å². The van der Waals surface area contributed by atoms with Crippen molar-refractivity contribution >= 4 is 28.6 Å². The van der Waals surface area contributed by atoms with Gasteiger partial charge in [-0.25, -0.2) is 9.78 Å². The van der Waals surface area contributed by atoms with Crippen LogP contribution in [0.25, 0.3) is 22.2 Å². The summed E-state index contributed by atoms with van der Waals surface area (Å²) in [6.07, 6.45) is 1.64. The Morgan fingerprint density at radius 3 is 2.62 bits per heavy atom. The van der Waals surface area contributed by atoms with Gasteiger partial charge in [-0.05, 0) is 78.5 Å². The number of hydrogen-bond donors (Lipinski definition) is 1. The lowest BCUT2D eigenvalue weighted by molar-refractivity contribution is -0.160. The van der Waals surface area contributed by atoms with Crippen molar-refractivity contribution < 1.29 is 24.1 Å². The molecule has 3 aromatic rings. The number of aliphatic carboxylic acids is 1. The third kappa shape index (κ3) is 4.62. The molecule has 1 unspecified atom stereocenters. The number of fused-ring (bicyclic) bond motifs is 2. The van der Waals surface area contributed by atoms with E-state index in [0.717, 1.165) is 70.6 Å². The molecule has 2 aliphatic heterocycles. The van der Waals surface area contributed by atoms with Crippen LogP contribution in [0.2, 0.25) is 5.02 Å². The topological polar surface area (TPSA) is 82.8 Å². The number of ether oxygens (including phenoxy) is 3. The number of nitrogens with zero attached hydrogens (tertiary/aromatic N) is 2. The van der Waals surface area contributed by atoms with Gasteiger partial charge in [0.15, 0.2) is 6.10 Å². The number of rotatable bonds is 6. The Bertz CT molecular complexity index is 1380. The molecule has 8 heteroatoms. The second-order valence-electron chi connectivity index (χ2n) is 11.1. The van der Waals surface area contributed by atoms with Crippen molar-refractivity contribution in [3.05, 3.63) is 45.2 Å². The zero-order valence-corrected chi connectivity index (χ0v) is 23.2. The van der Waals surface area contributed by atoms with Gasteiger partial charge in [0, 0.05) is 45.6 Å². The highest BCUT2D eigenvalue weighted by Crippen LogP contribution is 2.47. The van der Waals surface area contributed by atoms with E-state index < -0.39 is 17.7 Å². The molecule has 0 aliphatic carbocycles. The van der Waals surface area contributed by atoms with Crippen molar-refractivity contribution in [2.45, 2.75) is 85.2 Å². The van der Waals surface area contributed by atoms with Crippen molar-refractivity contribution in [3.63, 3.8) is 0 Å². The van der Waals surface area contributed by atoms with Crippen LogP contribution in [0, 0.1) is 20.8 Å². The molecule has 2 aliphatic rings. The van der Waals surface area contributed by atoms with Gasteiger partial charge in [0.1, 0.15) is 11.4 Å². The average Bonchev–Trinajstić information content (AvgIpc) is 3.03. The smallest absolute Gasteiger partial charge is 0.337 e. The summed E-state index contributed by atoms with van der Waals surface area (Å²) in [5.74, 6) is -0.272. The Labute approximate surface area is 222 Å². The molecule has 2 aromatic heterocycles. The van der Waals surface area contributed by atoms with E-state index in [1.54, 1.807) is 0 Å². The molecule has 5 rings (SSSR count). The first-order valence-electron chi connectivity index (χ1n) is 12.9. The summed E-state index contributed by atoms with van der Waals surface area (Å²) in [5.41, 5.74) is 5.90. The van der Waals surface area contributed by atoms with Crippen molar-refractivity contribution in [2.24, 2.45) is 0 Å². The highest BCUT2D eigenvalue weighted by Gasteiger charge is 2.35. The molecular weight excluding hydrogens is 492 g/mol. The first-order valence-corrected chi connectivity index (χ1v) is 13.3. The third-order valence-electron chi connectivity index (χ3n) is 7.42. The zero-order valence-electron chi connectivity index (χ0n) is 22.4. The number of pyridine rings is 1. The quantitative estimate of drug-likeness (QED) is 0.403. The number of benzene rings is 1. The van der Waals surface area contributed by atoms with Crippen LogP contribution in [0.5, 0.6) is 5.75 Å². The Morgan fingerprint density at radius 2 is 2.00 bits per heavy atom. The van der Waals surface area contributed by atoms with Crippen LogP contribution in [0.1, 0.15) is 67.8 Å². The van der Waals surface area contributed by atoms with Crippen LogP contribution in [0.15, 0.2) is 12.1 Å². The summed E-state index contributed by atoms with van der Waals surface area (Å²) >= 11 is 7.10. The van der Waals surface area contributed by atoms with Gasteiger partial charge in [0.2, 0.25) is 0 Å². The van der Waals surface area contributed by atoms with Crippen LogP contribution in [-0.4, -0.2) is 45.5 Å². The van der Waals surface area contributed by atoms with E-state index in [1.807, 2.05) is 39.8 Å². The summed E-state index contributed by atoms with van der Waals surface area (Å²) in [6.45, 7) is 13.7. The summed E-state index contributed by atoms with van der Waals surface area (Å²) in [5, 5.41) is 11.9. The molecule has 1 saturated heterocycles. The van der Waals surface area contributed by atoms with E-state index in [-0.39, 0.29) is 6.10 Å². The lowest BCUT2D eigenvalue weighted by atomic mass is 9.89. The lowest BCUT2D eigenvalue weighted by Gasteiger charge is -2.29. The molecule has 1 N–H and O–H groups in total. The van der Waals surface area contributed by atoms with Crippen LogP contribution in [0.3, 0.4) is 0 Å². The summed E-state index contributed by atoms with van der Waals surface area (Å²) in [7, 11) is 0. The maximum atomic E-state index is 12.7. The first kappa shape index (κ1) is 26.0. The van der Waals surface area contributed by atoms with Gasteiger partial charge in [-0.15, -0.1) is 0 Å². The number of halogens is 1. The fourth-order valence-electron chi connectivity index (χ4n) is 5.43. The van der Waals surface area contributed by atoms with Gasteiger partial charge >= 0.3 is 5.97 Å². The van der Waals surface area contributed by atoms with Crippen LogP contribution < -0.4 is 4.74 Å². The molecule has 37 heavy (non-hydrogen) atoms. The molecule has 7 nitrogen and oxygen atoms in total. The van der Waals surface area contributed by atoms with Gasteiger partial charge in [0.25, 0.3) is 0 Å². The first-order chi connectivity index (χ1) is 17.5.